The first-order valence-corrected chi connectivity index (χ1v) is 6.74. The molecule has 0 heterocycles. The quantitative estimate of drug-likeness (QED) is 0.768. The van der Waals surface area contributed by atoms with Gasteiger partial charge in [-0.2, -0.15) is 5.26 Å². The molecule has 0 aromatic heterocycles. The fourth-order valence-corrected chi connectivity index (χ4v) is 2.37. The number of ether oxygens (including phenoxy) is 2. The Balaban J connectivity index is 3.08. The van der Waals surface area contributed by atoms with Crippen LogP contribution in [0.4, 0.5) is 4.39 Å². The Morgan fingerprint density at radius 1 is 1.50 bits per heavy atom. The first kappa shape index (κ1) is 16.4. The van der Waals surface area contributed by atoms with Crippen molar-refractivity contribution in [3.63, 3.8) is 0 Å². The Hall–Kier alpha value is -1.61. The molecule has 1 rings (SSSR count). The number of halogens is 2. The van der Waals surface area contributed by atoms with E-state index >= 15 is 0 Å². The first-order chi connectivity index (χ1) is 9.46. The second kappa shape index (κ2) is 7.25. The van der Waals surface area contributed by atoms with Gasteiger partial charge in [-0.25, -0.2) is 4.39 Å². The molecule has 0 bridgehead atoms. The monoisotopic (exact) mass is 343 g/mol. The van der Waals surface area contributed by atoms with Crippen LogP contribution in [0.2, 0.25) is 0 Å². The van der Waals surface area contributed by atoms with E-state index in [1.165, 1.54) is 20.3 Å². The van der Waals surface area contributed by atoms with Crippen molar-refractivity contribution < 1.29 is 18.7 Å². The molecule has 0 spiro atoms. The lowest BCUT2D eigenvalue weighted by Gasteiger charge is -2.16. The Morgan fingerprint density at radius 2 is 2.15 bits per heavy atom. The summed E-state index contributed by atoms with van der Waals surface area (Å²) in [5.41, 5.74) is 0.211. The fourth-order valence-electron chi connectivity index (χ4n) is 1.90. The van der Waals surface area contributed by atoms with Gasteiger partial charge in [-0.05, 0) is 28.4 Å². The summed E-state index contributed by atoms with van der Waals surface area (Å²) in [5.74, 6) is -2.20. The van der Waals surface area contributed by atoms with Crippen molar-refractivity contribution >= 4 is 21.9 Å². The molecule has 4 nitrogen and oxygen atoms in total. The minimum absolute atomic E-state index is 0.0495. The van der Waals surface area contributed by atoms with E-state index in [4.69, 9.17) is 4.74 Å². The van der Waals surface area contributed by atoms with Crippen molar-refractivity contribution in [1.29, 1.82) is 5.26 Å². The number of rotatable bonds is 5. The van der Waals surface area contributed by atoms with Crippen LogP contribution in [0.1, 0.15) is 24.8 Å². The van der Waals surface area contributed by atoms with Gasteiger partial charge in [-0.3, -0.25) is 4.79 Å². The molecule has 0 amide bonds. The number of nitrogens with zero attached hydrogens (tertiary/aromatic N) is 1. The minimum Gasteiger partial charge on any atom is -0.492 e. The highest BCUT2D eigenvalue weighted by Crippen LogP contribution is 2.35. The van der Waals surface area contributed by atoms with Crippen LogP contribution in [0.5, 0.6) is 5.75 Å². The molecule has 0 N–H and O–H groups in total. The van der Waals surface area contributed by atoms with E-state index in [1.807, 2.05) is 6.07 Å². The van der Waals surface area contributed by atoms with E-state index in [0.29, 0.717) is 4.47 Å². The zero-order chi connectivity index (χ0) is 15.3. The third-order valence-corrected chi connectivity index (χ3v) is 3.63. The Morgan fingerprint density at radius 3 is 2.65 bits per heavy atom. The molecule has 0 radical (unpaired) electrons. The van der Waals surface area contributed by atoms with Crippen LogP contribution in [0.15, 0.2) is 16.6 Å². The minimum atomic E-state index is -0.744. The van der Waals surface area contributed by atoms with Gasteiger partial charge in [0, 0.05) is 5.56 Å². The molecule has 0 aliphatic heterocycles. The predicted octanol–water partition coefficient (Wildman–Crippen LogP) is 3.40. The van der Waals surface area contributed by atoms with Gasteiger partial charge in [0.25, 0.3) is 0 Å². The highest BCUT2D eigenvalue weighted by Gasteiger charge is 2.25. The zero-order valence-corrected chi connectivity index (χ0v) is 13.0. The third kappa shape index (κ3) is 3.48. The molecular formula is C14H15BrFNO3. The molecule has 2 unspecified atom stereocenters. The molecular weight excluding hydrogens is 329 g/mol. The van der Waals surface area contributed by atoms with Gasteiger partial charge in [0.15, 0.2) is 11.6 Å². The van der Waals surface area contributed by atoms with Gasteiger partial charge >= 0.3 is 5.97 Å². The first-order valence-electron chi connectivity index (χ1n) is 5.95. The predicted molar refractivity (Wildman–Crippen MR) is 74.8 cm³/mol. The van der Waals surface area contributed by atoms with Crippen LogP contribution >= 0.6 is 15.9 Å². The van der Waals surface area contributed by atoms with Crippen molar-refractivity contribution in [2.75, 3.05) is 14.2 Å². The number of esters is 1. The highest BCUT2D eigenvalue weighted by molar-refractivity contribution is 9.10. The van der Waals surface area contributed by atoms with Crippen LogP contribution in [0.3, 0.4) is 0 Å². The lowest BCUT2D eigenvalue weighted by atomic mass is 9.90. The van der Waals surface area contributed by atoms with Gasteiger partial charge in [0.05, 0.1) is 36.6 Å². The summed E-state index contributed by atoms with van der Waals surface area (Å²) in [6.45, 7) is 1.64. The summed E-state index contributed by atoms with van der Waals surface area (Å²) in [6.07, 6.45) is 0.185. The van der Waals surface area contributed by atoms with Crippen molar-refractivity contribution in [2.45, 2.75) is 19.3 Å². The van der Waals surface area contributed by atoms with Crippen LogP contribution in [0.25, 0.3) is 0 Å². The lowest BCUT2D eigenvalue weighted by molar-refractivity contribution is -0.145. The van der Waals surface area contributed by atoms with Crippen LogP contribution in [-0.4, -0.2) is 20.2 Å². The molecule has 6 heteroatoms. The summed E-state index contributed by atoms with van der Waals surface area (Å²) >= 11 is 3.18. The van der Waals surface area contributed by atoms with E-state index in [2.05, 4.69) is 20.7 Å². The Kier molecular flexibility index (Phi) is 5.96. The molecule has 0 fully saturated rings. The Bertz CT molecular complexity index is 542. The number of benzene rings is 1. The average Bonchev–Trinajstić information content (AvgIpc) is 2.44. The van der Waals surface area contributed by atoms with E-state index in [-0.39, 0.29) is 17.7 Å². The zero-order valence-electron chi connectivity index (χ0n) is 11.4. The maximum absolute atomic E-state index is 14.3. The Labute approximate surface area is 125 Å². The number of nitriles is 1. The maximum atomic E-state index is 14.3. The van der Waals surface area contributed by atoms with Gasteiger partial charge in [0.1, 0.15) is 0 Å². The fraction of sp³-hybridized carbons (Fsp3) is 0.429. The standard InChI is InChI=1S/C14H15BrFNO3/c1-8(14(18)20-3)6-9(7-17)10-4-5-11(15)13(19-2)12(10)16/h4-5,8-9H,6H2,1-3H3. The smallest absolute Gasteiger partial charge is 0.308 e. The SMILES string of the molecule is COC(=O)C(C)CC(C#N)c1ccc(Br)c(OC)c1F. The van der Waals surface area contributed by atoms with Crippen LogP contribution in [0, 0.1) is 23.1 Å². The highest BCUT2D eigenvalue weighted by atomic mass is 79.9. The van der Waals surface area contributed by atoms with E-state index in [1.54, 1.807) is 13.0 Å². The second-order valence-electron chi connectivity index (χ2n) is 4.33. The van der Waals surface area contributed by atoms with Crippen LogP contribution < -0.4 is 4.74 Å². The third-order valence-electron chi connectivity index (χ3n) is 3.01. The van der Waals surface area contributed by atoms with E-state index in [0.717, 1.165) is 0 Å². The molecule has 0 saturated carbocycles. The van der Waals surface area contributed by atoms with Gasteiger partial charge in [0.2, 0.25) is 0 Å². The molecule has 1 aromatic rings. The van der Waals surface area contributed by atoms with Crippen LogP contribution in [-0.2, 0) is 9.53 Å². The van der Waals surface area contributed by atoms with Gasteiger partial charge in [-0.1, -0.05) is 13.0 Å². The largest absolute Gasteiger partial charge is 0.492 e. The summed E-state index contributed by atoms with van der Waals surface area (Å²) in [7, 11) is 2.63. The van der Waals surface area contributed by atoms with Crippen molar-refractivity contribution in [1.82, 2.24) is 0 Å². The van der Waals surface area contributed by atoms with Crippen molar-refractivity contribution in [3.05, 3.63) is 28.0 Å². The van der Waals surface area contributed by atoms with Gasteiger partial charge < -0.3 is 9.47 Å². The van der Waals surface area contributed by atoms with Crippen molar-refractivity contribution in [3.8, 4) is 11.8 Å². The molecule has 0 saturated heterocycles. The van der Waals surface area contributed by atoms with E-state index in [9.17, 15) is 14.4 Å². The number of carbonyl (C=O) groups is 1. The topological polar surface area (TPSA) is 59.3 Å². The number of hydrogen-bond acceptors (Lipinski definition) is 4. The normalized spacial score (nSPS) is 13.2. The van der Waals surface area contributed by atoms with E-state index < -0.39 is 23.6 Å². The number of methoxy groups -OCH3 is 2. The lowest BCUT2D eigenvalue weighted by Crippen LogP contribution is -2.16. The second-order valence-corrected chi connectivity index (χ2v) is 5.18. The summed E-state index contributed by atoms with van der Waals surface area (Å²) in [4.78, 5) is 11.4. The molecule has 0 aliphatic carbocycles. The summed E-state index contributed by atoms with van der Waals surface area (Å²) in [5, 5.41) is 9.22. The van der Waals surface area contributed by atoms with Gasteiger partial charge in [-0.15, -0.1) is 0 Å². The molecule has 108 valence electrons. The molecule has 20 heavy (non-hydrogen) atoms. The summed E-state index contributed by atoms with van der Waals surface area (Å²) in [6, 6.07) is 5.15. The maximum Gasteiger partial charge on any atom is 0.308 e. The summed E-state index contributed by atoms with van der Waals surface area (Å²) < 4.78 is 24.3. The molecule has 2 atom stereocenters. The molecule has 1 aromatic carbocycles. The number of carbonyl (C=O) groups excluding carboxylic acids is 1. The average molecular weight is 344 g/mol. The molecule has 0 aliphatic rings. The van der Waals surface area contributed by atoms with Crippen molar-refractivity contribution in [2.24, 2.45) is 5.92 Å². The number of hydrogen-bond donors (Lipinski definition) is 0.